The third-order valence-corrected chi connectivity index (χ3v) is 4.80. The van der Waals surface area contributed by atoms with Crippen LogP contribution < -0.4 is 11.1 Å². The van der Waals surface area contributed by atoms with Crippen molar-refractivity contribution >= 4 is 42.1 Å². The van der Waals surface area contributed by atoms with E-state index < -0.39 is 5.54 Å². The predicted molar refractivity (Wildman–Crippen MR) is 97.4 cm³/mol. The van der Waals surface area contributed by atoms with Gasteiger partial charge in [0.15, 0.2) is 0 Å². The molecule has 0 aromatic carbocycles. The van der Waals surface area contributed by atoms with Gasteiger partial charge in [-0.25, -0.2) is 4.98 Å². The van der Waals surface area contributed by atoms with Crippen molar-refractivity contribution in [3.05, 3.63) is 16.1 Å². The number of carbonyl (C=O) groups is 1. The maximum absolute atomic E-state index is 12.1. The van der Waals surface area contributed by atoms with E-state index in [9.17, 15) is 4.79 Å². The Hall–Kier alpha value is -0.360. The molecule has 1 fully saturated rings. The lowest BCUT2D eigenvalue weighted by molar-refractivity contribution is -0.126. The lowest BCUT2D eigenvalue weighted by atomic mass is 9.93. The van der Waals surface area contributed by atoms with Crippen LogP contribution in [-0.4, -0.2) is 23.0 Å². The summed E-state index contributed by atoms with van der Waals surface area (Å²) in [4.78, 5) is 16.7. The van der Waals surface area contributed by atoms with Gasteiger partial charge in [0.1, 0.15) is 0 Å². The summed E-state index contributed by atoms with van der Waals surface area (Å²) < 4.78 is 0. The van der Waals surface area contributed by atoms with Crippen LogP contribution in [0.5, 0.6) is 0 Å². The van der Waals surface area contributed by atoms with Crippen molar-refractivity contribution in [1.29, 1.82) is 0 Å². The minimum absolute atomic E-state index is 0. The van der Waals surface area contributed by atoms with Crippen LogP contribution in [0.15, 0.2) is 5.38 Å². The first-order valence-corrected chi connectivity index (χ1v) is 8.21. The molecule has 1 heterocycles. The predicted octanol–water partition coefficient (Wildman–Crippen LogP) is 3.21. The molecule has 0 unspecified atom stereocenters. The van der Waals surface area contributed by atoms with Gasteiger partial charge < -0.3 is 11.1 Å². The molecule has 0 bridgehead atoms. The van der Waals surface area contributed by atoms with Gasteiger partial charge >= 0.3 is 0 Å². The zero-order chi connectivity index (χ0) is 14.8. The monoisotopic (exact) mass is 367 g/mol. The second-order valence-electron chi connectivity index (χ2n) is 6.75. The van der Waals surface area contributed by atoms with Gasteiger partial charge in [-0.05, 0) is 12.8 Å². The van der Waals surface area contributed by atoms with Crippen LogP contribution in [0.4, 0.5) is 0 Å². The van der Waals surface area contributed by atoms with Gasteiger partial charge in [0.2, 0.25) is 5.91 Å². The molecule has 1 aliphatic rings. The summed E-state index contributed by atoms with van der Waals surface area (Å²) >= 11 is 1.67. The Labute approximate surface area is 149 Å². The lowest BCUT2D eigenvalue weighted by Crippen LogP contribution is -2.52. The number of amides is 1. The maximum Gasteiger partial charge on any atom is 0.240 e. The first kappa shape index (κ1) is 21.6. The first-order chi connectivity index (χ1) is 9.31. The fourth-order valence-electron chi connectivity index (χ4n) is 2.46. The highest BCUT2D eigenvalue weighted by Crippen LogP contribution is 2.27. The molecule has 0 spiro atoms. The normalized spacial score (nSPS) is 16.5. The summed E-state index contributed by atoms with van der Waals surface area (Å²) in [5, 5.41) is 6.15. The highest BCUT2D eigenvalue weighted by atomic mass is 35.5. The number of hydrogen-bond acceptors (Lipinski definition) is 4. The Morgan fingerprint density at radius 2 is 1.95 bits per heavy atom. The summed E-state index contributed by atoms with van der Waals surface area (Å²) in [5.41, 5.74) is 6.70. The van der Waals surface area contributed by atoms with Gasteiger partial charge in [0, 0.05) is 23.8 Å². The largest absolute Gasteiger partial charge is 0.354 e. The fourth-order valence-corrected chi connectivity index (χ4v) is 3.49. The summed E-state index contributed by atoms with van der Waals surface area (Å²) in [6.45, 7) is 7.10. The molecule has 1 saturated carbocycles. The Bertz CT molecular complexity index is 479. The average molecular weight is 368 g/mol. The average Bonchev–Trinajstić information content (AvgIpc) is 2.98. The molecule has 0 radical (unpaired) electrons. The maximum atomic E-state index is 12.1. The first-order valence-electron chi connectivity index (χ1n) is 7.33. The molecule has 3 N–H and O–H groups in total. The third-order valence-electron chi connectivity index (χ3n) is 3.89. The Balaban J connectivity index is 0.00000220. The van der Waals surface area contributed by atoms with Gasteiger partial charge in [0.05, 0.1) is 16.2 Å². The van der Waals surface area contributed by atoms with E-state index in [0.29, 0.717) is 6.54 Å². The summed E-state index contributed by atoms with van der Waals surface area (Å²) in [5.74, 6) is 0.00241. The number of thiazole rings is 1. The van der Waals surface area contributed by atoms with Crippen LogP contribution >= 0.6 is 36.2 Å². The molecule has 4 nitrogen and oxygen atoms in total. The van der Waals surface area contributed by atoms with E-state index >= 15 is 0 Å². The Morgan fingerprint density at radius 3 is 2.45 bits per heavy atom. The Kier molecular flexibility index (Phi) is 8.34. The molecule has 1 aromatic rings. The number of halogens is 2. The third kappa shape index (κ3) is 5.37. The van der Waals surface area contributed by atoms with Crippen LogP contribution in [0, 0.1) is 0 Å². The standard InChI is InChI=1S/C15H25N3OS.2ClH/c1-14(2,3)11-10-20-12(18-11)6-9-17-13(19)15(16)7-4-5-8-15;;/h10H,4-9,16H2,1-3H3,(H,17,19);2*1H. The summed E-state index contributed by atoms with van der Waals surface area (Å²) in [6, 6.07) is 0. The van der Waals surface area contributed by atoms with Crippen LogP contribution in [0.2, 0.25) is 0 Å². The molecule has 0 aliphatic heterocycles. The molecule has 2 rings (SSSR count). The van der Waals surface area contributed by atoms with Crippen molar-refractivity contribution in [2.45, 2.75) is 63.8 Å². The van der Waals surface area contributed by atoms with E-state index in [2.05, 4.69) is 36.5 Å². The van der Waals surface area contributed by atoms with Crippen molar-refractivity contribution in [2.24, 2.45) is 5.73 Å². The van der Waals surface area contributed by atoms with Gasteiger partial charge in [-0.1, -0.05) is 33.6 Å². The number of nitrogens with two attached hydrogens (primary N) is 1. The summed E-state index contributed by atoms with van der Waals surface area (Å²) in [6.07, 6.45) is 4.52. The van der Waals surface area contributed by atoms with Crippen LogP contribution in [0.25, 0.3) is 0 Å². The molecule has 128 valence electrons. The molecular formula is C15H27Cl2N3OS. The van der Waals surface area contributed by atoms with Crippen molar-refractivity contribution in [3.8, 4) is 0 Å². The summed E-state index contributed by atoms with van der Waals surface area (Å²) in [7, 11) is 0. The second kappa shape index (κ2) is 8.48. The number of nitrogens with zero attached hydrogens (tertiary/aromatic N) is 1. The smallest absolute Gasteiger partial charge is 0.240 e. The molecule has 1 amide bonds. The van der Waals surface area contributed by atoms with E-state index in [1.54, 1.807) is 11.3 Å². The van der Waals surface area contributed by atoms with Crippen LogP contribution in [0.3, 0.4) is 0 Å². The van der Waals surface area contributed by atoms with Gasteiger partial charge in [0.25, 0.3) is 0 Å². The van der Waals surface area contributed by atoms with Gasteiger partial charge in [-0.15, -0.1) is 36.2 Å². The van der Waals surface area contributed by atoms with E-state index in [-0.39, 0.29) is 36.1 Å². The minimum Gasteiger partial charge on any atom is -0.354 e. The number of nitrogens with one attached hydrogen (secondary N) is 1. The highest BCUT2D eigenvalue weighted by Gasteiger charge is 2.36. The Morgan fingerprint density at radius 1 is 1.36 bits per heavy atom. The zero-order valence-corrected chi connectivity index (χ0v) is 15.9. The number of carbonyl (C=O) groups excluding carboxylic acids is 1. The highest BCUT2D eigenvalue weighted by molar-refractivity contribution is 7.09. The SMILES string of the molecule is CC(C)(C)c1csc(CCNC(=O)C2(N)CCCC2)n1.Cl.Cl. The number of rotatable bonds is 4. The van der Waals surface area contributed by atoms with Crippen LogP contribution in [0.1, 0.15) is 57.2 Å². The molecule has 0 saturated heterocycles. The zero-order valence-electron chi connectivity index (χ0n) is 13.5. The minimum atomic E-state index is -0.626. The van der Waals surface area contributed by atoms with Gasteiger partial charge in [-0.2, -0.15) is 0 Å². The van der Waals surface area contributed by atoms with Crippen molar-refractivity contribution in [3.63, 3.8) is 0 Å². The number of hydrogen-bond donors (Lipinski definition) is 2. The van der Waals surface area contributed by atoms with Crippen molar-refractivity contribution in [1.82, 2.24) is 10.3 Å². The number of aromatic nitrogens is 1. The molecule has 22 heavy (non-hydrogen) atoms. The van der Waals surface area contributed by atoms with E-state index in [1.165, 1.54) is 0 Å². The molecule has 7 heteroatoms. The quantitative estimate of drug-likeness (QED) is 0.858. The van der Waals surface area contributed by atoms with Gasteiger partial charge in [-0.3, -0.25) is 4.79 Å². The molecule has 1 aliphatic carbocycles. The van der Waals surface area contributed by atoms with E-state index in [4.69, 9.17) is 5.73 Å². The molecule has 0 atom stereocenters. The van der Waals surface area contributed by atoms with Crippen molar-refractivity contribution < 1.29 is 4.79 Å². The second-order valence-corrected chi connectivity index (χ2v) is 7.69. The van der Waals surface area contributed by atoms with Crippen molar-refractivity contribution in [2.75, 3.05) is 6.54 Å². The van der Waals surface area contributed by atoms with E-state index in [1.807, 2.05) is 0 Å². The topological polar surface area (TPSA) is 68.0 Å². The molecular weight excluding hydrogens is 341 g/mol. The van der Waals surface area contributed by atoms with Crippen LogP contribution in [-0.2, 0) is 16.6 Å². The lowest BCUT2D eigenvalue weighted by Gasteiger charge is -2.22. The van der Waals surface area contributed by atoms with E-state index in [0.717, 1.165) is 42.8 Å². The fraction of sp³-hybridized carbons (Fsp3) is 0.733. The molecule has 1 aromatic heterocycles.